The van der Waals surface area contributed by atoms with Crippen LogP contribution in [0.2, 0.25) is 0 Å². The van der Waals surface area contributed by atoms with Crippen LogP contribution in [0.1, 0.15) is 107 Å². The van der Waals surface area contributed by atoms with Gasteiger partial charge >= 0.3 is 18.4 Å². The van der Waals surface area contributed by atoms with Crippen LogP contribution in [0, 0.1) is 24.2 Å². The average Bonchev–Trinajstić information content (AvgIpc) is 3.67. The normalized spacial score (nSPS) is 19.8. The first-order valence-corrected chi connectivity index (χ1v) is 22.1. The van der Waals surface area contributed by atoms with Crippen LogP contribution in [-0.2, 0) is 26.9 Å². The number of nitrogens with one attached hydrogen (secondary N) is 5. The molecule has 2 unspecified atom stereocenters. The van der Waals surface area contributed by atoms with Crippen LogP contribution < -0.4 is 21.3 Å². The number of hydrogen-bond donors (Lipinski definition) is 6. The Balaban J connectivity index is 1.12. The van der Waals surface area contributed by atoms with Crippen molar-refractivity contribution in [1.29, 1.82) is 0 Å². The number of rotatable bonds is 11. The first-order valence-electron chi connectivity index (χ1n) is 22.1. The molecule has 1 aromatic heterocycles. The molecule has 350 valence electrons. The number of anilines is 1. The van der Waals surface area contributed by atoms with Crippen molar-refractivity contribution < 1.29 is 47.0 Å². The second-order valence-corrected chi connectivity index (χ2v) is 19.4. The number of carboxylic acid groups (broad SMARTS) is 1. The summed E-state index contributed by atoms with van der Waals surface area (Å²) in [6.07, 6.45) is -2.51. The van der Waals surface area contributed by atoms with Crippen LogP contribution in [0.3, 0.4) is 0 Å². The molecule has 6 rings (SSSR count). The maximum atomic E-state index is 13.9. The molecule has 17 heteroatoms. The summed E-state index contributed by atoms with van der Waals surface area (Å²) in [5, 5.41) is 21.4. The molecule has 1 saturated carbocycles. The highest BCUT2D eigenvalue weighted by atomic mass is 19.4. The predicted molar refractivity (Wildman–Crippen MR) is 240 cm³/mol. The number of H-pyrrole nitrogens is 1. The fraction of sp³-hybridized carbons (Fsp3) is 0.500. The minimum absolute atomic E-state index is 0.0785. The number of carbonyl (C=O) groups excluding carboxylic acids is 4. The van der Waals surface area contributed by atoms with Gasteiger partial charge in [0.2, 0.25) is 17.6 Å². The van der Waals surface area contributed by atoms with Gasteiger partial charge in [-0.05, 0) is 130 Å². The smallest absolute Gasteiger partial charge is 0.449 e. The van der Waals surface area contributed by atoms with E-state index in [1.807, 2.05) is 64.1 Å². The van der Waals surface area contributed by atoms with Gasteiger partial charge in [0.1, 0.15) is 11.6 Å². The van der Waals surface area contributed by atoms with Gasteiger partial charge in [-0.25, -0.2) is 14.6 Å². The van der Waals surface area contributed by atoms with E-state index in [-0.39, 0.29) is 64.3 Å². The van der Waals surface area contributed by atoms with E-state index in [0.717, 1.165) is 22.3 Å². The van der Waals surface area contributed by atoms with Crippen molar-refractivity contribution in [2.75, 3.05) is 18.4 Å². The Kier molecular flexibility index (Phi) is 14.5. The third-order valence-electron chi connectivity index (χ3n) is 12.2. The molecule has 2 aliphatic rings. The molecule has 0 bridgehead atoms. The molecule has 0 radical (unpaired) electrons. The predicted octanol–water partition coefficient (Wildman–Crippen LogP) is 8.84. The van der Waals surface area contributed by atoms with E-state index in [1.54, 1.807) is 26.8 Å². The van der Waals surface area contributed by atoms with Crippen molar-refractivity contribution >= 4 is 46.6 Å². The van der Waals surface area contributed by atoms with Crippen LogP contribution in [0.15, 0.2) is 60.7 Å². The van der Waals surface area contributed by atoms with E-state index in [1.165, 1.54) is 23.1 Å². The number of fused-ring (bicyclic) bond motifs is 1. The van der Waals surface area contributed by atoms with Gasteiger partial charge in [0, 0.05) is 48.8 Å². The van der Waals surface area contributed by atoms with Crippen LogP contribution >= 0.6 is 0 Å². The lowest BCUT2D eigenvalue weighted by Crippen LogP contribution is -2.56. The van der Waals surface area contributed by atoms with E-state index in [9.17, 15) is 42.3 Å². The van der Waals surface area contributed by atoms with Crippen LogP contribution in [-0.4, -0.2) is 86.7 Å². The molecular formula is C48H60F3N7O7. The molecule has 2 fully saturated rings. The molecule has 14 nitrogen and oxygen atoms in total. The number of halogens is 3. The molecule has 2 heterocycles. The molecule has 1 saturated heterocycles. The van der Waals surface area contributed by atoms with Crippen molar-refractivity contribution in [3.05, 3.63) is 83.2 Å². The number of imidazole rings is 1. The van der Waals surface area contributed by atoms with Gasteiger partial charge in [-0.2, -0.15) is 13.2 Å². The standard InChI is InChI=1S/C48H60F3N7O7/c1-27-22-32(41(60)53-34-20-21-58(45(63)64)39(25-34)46(2,3)4)16-18-35(27)30-12-8-28(9-13-30)23-38(42(61)54-33-17-19-36-37(24-33)57-43(56-36)48(49,50)51)55-40(59)31-14-10-29(11-15-31)26-52-44(62)65-47(5,6)7/h8-9,12-13,16-19,22,24,29,31,34,38-39H,10-11,14-15,20-21,23,25-26H2,1-7H3,(H,52,62)(H,53,60)(H,54,61)(H,55,59)(H,56,57)(H,63,64)/t29-,31-,34?,38-,39?/m0/s1. The Labute approximate surface area is 376 Å². The molecule has 1 aliphatic carbocycles. The maximum Gasteiger partial charge on any atom is 0.449 e. The zero-order valence-electron chi connectivity index (χ0n) is 37.9. The molecule has 3 atom stereocenters. The SMILES string of the molecule is Cc1cc(C(=O)NC2CCN(C(=O)O)C(C(C)(C)C)C2)ccc1-c1ccc(C[C@H](NC(=O)[C@H]2CC[C@H](CNC(=O)OC(C)(C)C)CC2)C(=O)Nc2ccc3nc(C(F)(F)F)[nH]c3c2)cc1. The summed E-state index contributed by atoms with van der Waals surface area (Å²) in [7, 11) is 0. The molecule has 3 aromatic carbocycles. The van der Waals surface area contributed by atoms with Crippen LogP contribution in [0.25, 0.3) is 22.2 Å². The second-order valence-electron chi connectivity index (χ2n) is 19.4. The number of aromatic amines is 1. The first-order chi connectivity index (χ1) is 30.4. The summed E-state index contributed by atoms with van der Waals surface area (Å²) < 4.78 is 45.4. The first kappa shape index (κ1) is 48.3. The van der Waals surface area contributed by atoms with Crippen molar-refractivity contribution in [2.24, 2.45) is 17.3 Å². The van der Waals surface area contributed by atoms with Gasteiger partial charge in [0.15, 0.2) is 0 Å². The van der Waals surface area contributed by atoms with Crippen LogP contribution in [0.4, 0.5) is 28.4 Å². The Morgan fingerprint density at radius 3 is 2.22 bits per heavy atom. The Bertz CT molecular complexity index is 2380. The Morgan fingerprint density at radius 2 is 1.60 bits per heavy atom. The van der Waals surface area contributed by atoms with Gasteiger partial charge in [0.05, 0.1) is 11.0 Å². The van der Waals surface area contributed by atoms with Gasteiger partial charge in [-0.15, -0.1) is 0 Å². The number of aromatic nitrogens is 2. The fourth-order valence-electron chi connectivity index (χ4n) is 8.72. The van der Waals surface area contributed by atoms with Gasteiger partial charge < -0.3 is 41.0 Å². The van der Waals surface area contributed by atoms with Crippen molar-refractivity contribution in [2.45, 2.75) is 123 Å². The van der Waals surface area contributed by atoms with E-state index in [4.69, 9.17) is 4.74 Å². The number of carbonyl (C=O) groups is 5. The molecule has 5 amide bonds. The fourth-order valence-corrected chi connectivity index (χ4v) is 8.72. The number of aryl methyl sites for hydroxylation is 1. The number of hydrogen-bond acceptors (Lipinski definition) is 7. The molecule has 65 heavy (non-hydrogen) atoms. The zero-order chi connectivity index (χ0) is 47.4. The number of ether oxygens (including phenoxy) is 1. The summed E-state index contributed by atoms with van der Waals surface area (Å²) in [6.45, 7) is 14.0. The monoisotopic (exact) mass is 903 g/mol. The quantitative estimate of drug-likeness (QED) is 0.0859. The number of piperidine rings is 1. The van der Waals surface area contributed by atoms with Crippen molar-refractivity contribution in [1.82, 2.24) is 30.8 Å². The van der Waals surface area contributed by atoms with Gasteiger partial charge in [-0.1, -0.05) is 51.1 Å². The lowest BCUT2D eigenvalue weighted by molar-refractivity contribution is -0.144. The van der Waals surface area contributed by atoms with E-state index >= 15 is 0 Å². The van der Waals surface area contributed by atoms with Crippen LogP contribution in [0.5, 0.6) is 0 Å². The van der Waals surface area contributed by atoms with Crippen molar-refractivity contribution in [3.8, 4) is 11.1 Å². The number of benzene rings is 3. The summed E-state index contributed by atoms with van der Waals surface area (Å²) in [5.41, 5.74) is 3.29. The maximum absolute atomic E-state index is 13.9. The topological polar surface area (TPSA) is 195 Å². The molecule has 4 aromatic rings. The lowest BCUT2D eigenvalue weighted by atomic mass is 9.79. The van der Waals surface area contributed by atoms with E-state index in [0.29, 0.717) is 57.2 Å². The third kappa shape index (κ3) is 12.8. The summed E-state index contributed by atoms with van der Waals surface area (Å²) in [6, 6.07) is 15.7. The summed E-state index contributed by atoms with van der Waals surface area (Å²) >= 11 is 0. The van der Waals surface area contributed by atoms with Gasteiger partial charge in [0.25, 0.3) is 5.91 Å². The molecule has 6 N–H and O–H groups in total. The highest BCUT2D eigenvalue weighted by Gasteiger charge is 2.39. The van der Waals surface area contributed by atoms with E-state index in [2.05, 4.69) is 31.2 Å². The number of nitrogens with zero attached hydrogens (tertiary/aromatic N) is 2. The lowest BCUT2D eigenvalue weighted by Gasteiger charge is -2.44. The summed E-state index contributed by atoms with van der Waals surface area (Å²) in [4.78, 5) is 72.5. The summed E-state index contributed by atoms with van der Waals surface area (Å²) in [5.74, 6) is -2.45. The molecule has 0 spiro atoms. The molecular weight excluding hydrogens is 844 g/mol. The minimum atomic E-state index is -4.68. The number of alkyl halides is 3. The number of alkyl carbamates (subject to hydrolysis) is 1. The van der Waals surface area contributed by atoms with Gasteiger partial charge in [-0.3, -0.25) is 14.4 Å². The highest BCUT2D eigenvalue weighted by Crippen LogP contribution is 2.34. The Morgan fingerprint density at radius 1 is 0.908 bits per heavy atom. The minimum Gasteiger partial charge on any atom is -0.465 e. The average molecular weight is 904 g/mol. The number of amides is 5. The molecule has 1 aliphatic heterocycles. The highest BCUT2D eigenvalue weighted by molar-refractivity contribution is 5.99. The Hall–Kier alpha value is -6.13. The second kappa shape index (κ2) is 19.5. The largest absolute Gasteiger partial charge is 0.465 e. The van der Waals surface area contributed by atoms with E-state index < -0.39 is 41.7 Å². The number of likely N-dealkylation sites (tertiary alicyclic amines) is 1. The third-order valence-corrected chi connectivity index (χ3v) is 12.2. The zero-order valence-corrected chi connectivity index (χ0v) is 37.9. The van der Waals surface area contributed by atoms with Crippen molar-refractivity contribution in [3.63, 3.8) is 0 Å².